The van der Waals surface area contributed by atoms with Crippen LogP contribution in [0.2, 0.25) is 0 Å². The molecular weight excluding hydrogens is 252 g/mol. The van der Waals surface area contributed by atoms with Crippen LogP contribution >= 0.6 is 0 Å². The van der Waals surface area contributed by atoms with Crippen LogP contribution in [0.25, 0.3) is 0 Å². The van der Waals surface area contributed by atoms with Gasteiger partial charge in [-0.3, -0.25) is 0 Å². The van der Waals surface area contributed by atoms with Crippen molar-refractivity contribution in [1.82, 2.24) is 10.2 Å². The Kier molecular flexibility index (Phi) is 4.53. The summed E-state index contributed by atoms with van der Waals surface area (Å²) in [7, 11) is 1.70. The molecule has 1 fully saturated rings. The number of hydrogen-bond donors (Lipinski definition) is 1. The smallest absolute Gasteiger partial charge is 0.317 e. The maximum atomic E-state index is 12.0. The molecule has 4 nitrogen and oxygen atoms in total. The van der Waals surface area contributed by atoms with Gasteiger partial charge in [0.05, 0.1) is 7.11 Å². The molecule has 0 radical (unpaired) electrons. The molecule has 0 aromatic heterocycles. The molecule has 0 saturated heterocycles. The molecule has 1 aromatic carbocycles. The number of amides is 2. The van der Waals surface area contributed by atoms with E-state index in [1.54, 1.807) is 12.0 Å². The zero-order valence-electron chi connectivity index (χ0n) is 12.6. The number of benzene rings is 1. The normalized spacial score (nSPS) is 15.6. The fraction of sp³-hybridized carbons (Fsp3) is 0.562. The molecule has 1 aromatic rings. The summed E-state index contributed by atoms with van der Waals surface area (Å²) in [5, 5.41) is 3.07. The third kappa shape index (κ3) is 2.89. The number of para-hydroxylation sites is 1. The Hall–Kier alpha value is -1.71. The molecule has 2 rings (SSSR count). The van der Waals surface area contributed by atoms with Crippen LogP contribution in [0.3, 0.4) is 0 Å². The molecule has 0 bridgehead atoms. The van der Waals surface area contributed by atoms with Crippen LogP contribution in [-0.4, -0.2) is 37.7 Å². The van der Waals surface area contributed by atoms with Crippen molar-refractivity contribution in [2.24, 2.45) is 0 Å². The number of carbonyl (C=O) groups excluding carboxylic acids is 1. The number of urea groups is 1. The minimum absolute atomic E-state index is 0.0242. The van der Waals surface area contributed by atoms with Crippen LogP contribution < -0.4 is 10.1 Å². The van der Waals surface area contributed by atoms with Gasteiger partial charge >= 0.3 is 6.03 Å². The molecule has 0 spiro atoms. The molecule has 1 saturated carbocycles. The first-order chi connectivity index (χ1) is 9.66. The highest BCUT2D eigenvalue weighted by Crippen LogP contribution is 2.50. The summed E-state index contributed by atoms with van der Waals surface area (Å²) >= 11 is 0. The molecule has 1 N–H and O–H groups in total. The Morgan fingerprint density at radius 3 is 2.50 bits per heavy atom. The van der Waals surface area contributed by atoms with Gasteiger partial charge in [-0.1, -0.05) is 18.2 Å². The van der Waals surface area contributed by atoms with Gasteiger partial charge in [-0.2, -0.15) is 0 Å². The van der Waals surface area contributed by atoms with Crippen LogP contribution in [0.5, 0.6) is 5.75 Å². The molecule has 1 aliphatic carbocycles. The largest absolute Gasteiger partial charge is 0.496 e. The average Bonchev–Trinajstić information content (AvgIpc) is 3.27. The number of methoxy groups -OCH3 is 1. The van der Waals surface area contributed by atoms with Crippen LogP contribution in [0.4, 0.5) is 4.79 Å². The summed E-state index contributed by atoms with van der Waals surface area (Å²) in [6.45, 7) is 6.16. The summed E-state index contributed by atoms with van der Waals surface area (Å²) in [6.07, 6.45) is 2.21. The van der Waals surface area contributed by atoms with E-state index in [0.29, 0.717) is 6.54 Å². The van der Waals surface area contributed by atoms with Crippen molar-refractivity contribution in [2.75, 3.05) is 26.7 Å². The van der Waals surface area contributed by atoms with Gasteiger partial charge in [0, 0.05) is 30.6 Å². The number of carbonyl (C=O) groups is 1. The number of nitrogens with zero attached hydrogens (tertiary/aromatic N) is 1. The highest BCUT2D eigenvalue weighted by molar-refractivity contribution is 5.74. The summed E-state index contributed by atoms with van der Waals surface area (Å²) in [5.41, 5.74) is 1.28. The Morgan fingerprint density at radius 2 is 1.95 bits per heavy atom. The van der Waals surface area contributed by atoms with E-state index in [1.807, 2.05) is 32.0 Å². The van der Waals surface area contributed by atoms with Crippen molar-refractivity contribution in [3.05, 3.63) is 29.8 Å². The van der Waals surface area contributed by atoms with E-state index in [9.17, 15) is 4.79 Å². The Balaban J connectivity index is 2.04. The summed E-state index contributed by atoms with van der Waals surface area (Å²) < 4.78 is 5.45. The van der Waals surface area contributed by atoms with Crippen molar-refractivity contribution in [3.8, 4) is 5.75 Å². The van der Waals surface area contributed by atoms with Gasteiger partial charge in [-0.15, -0.1) is 0 Å². The molecule has 0 atom stereocenters. The van der Waals surface area contributed by atoms with E-state index in [-0.39, 0.29) is 11.4 Å². The van der Waals surface area contributed by atoms with Gasteiger partial charge in [0.15, 0.2) is 0 Å². The van der Waals surface area contributed by atoms with Gasteiger partial charge in [-0.25, -0.2) is 4.79 Å². The number of nitrogens with one attached hydrogen (secondary N) is 1. The molecule has 0 heterocycles. The van der Waals surface area contributed by atoms with Crippen LogP contribution in [0.15, 0.2) is 24.3 Å². The van der Waals surface area contributed by atoms with E-state index in [2.05, 4.69) is 11.4 Å². The SMILES string of the molecule is CCN(CC)C(=O)NCC1(c2ccccc2OC)CC1. The minimum Gasteiger partial charge on any atom is -0.496 e. The number of ether oxygens (including phenoxy) is 1. The fourth-order valence-corrected chi connectivity index (χ4v) is 2.64. The van der Waals surface area contributed by atoms with Gasteiger partial charge in [0.25, 0.3) is 0 Å². The Bertz CT molecular complexity index is 465. The second-order valence-electron chi connectivity index (χ2n) is 5.31. The van der Waals surface area contributed by atoms with E-state index in [4.69, 9.17) is 4.74 Å². The molecule has 1 aliphatic rings. The van der Waals surface area contributed by atoms with Crippen LogP contribution in [-0.2, 0) is 5.41 Å². The maximum Gasteiger partial charge on any atom is 0.317 e. The molecule has 110 valence electrons. The van der Waals surface area contributed by atoms with Crippen molar-refractivity contribution >= 4 is 6.03 Å². The summed E-state index contributed by atoms with van der Waals surface area (Å²) in [4.78, 5) is 13.9. The molecule has 0 unspecified atom stereocenters. The zero-order valence-corrected chi connectivity index (χ0v) is 12.6. The van der Waals surface area contributed by atoms with E-state index in [1.165, 1.54) is 5.56 Å². The minimum atomic E-state index is 0.0242. The third-order valence-corrected chi connectivity index (χ3v) is 4.16. The van der Waals surface area contributed by atoms with Gasteiger partial charge in [0.2, 0.25) is 0 Å². The predicted octanol–water partition coefficient (Wildman–Crippen LogP) is 2.78. The first-order valence-corrected chi connectivity index (χ1v) is 7.33. The van der Waals surface area contributed by atoms with Crippen LogP contribution in [0.1, 0.15) is 32.3 Å². The fourth-order valence-electron chi connectivity index (χ4n) is 2.64. The van der Waals surface area contributed by atoms with E-state index >= 15 is 0 Å². The lowest BCUT2D eigenvalue weighted by Gasteiger charge is -2.23. The lowest BCUT2D eigenvalue weighted by atomic mass is 9.95. The molecule has 2 amide bonds. The molecule has 0 aliphatic heterocycles. The zero-order chi connectivity index (χ0) is 14.6. The standard InChI is InChI=1S/C16H24N2O2/c1-4-18(5-2)15(19)17-12-16(10-11-16)13-8-6-7-9-14(13)20-3/h6-9H,4-5,10-12H2,1-3H3,(H,17,19). The highest BCUT2D eigenvalue weighted by atomic mass is 16.5. The lowest BCUT2D eigenvalue weighted by molar-refractivity contribution is 0.202. The molecule has 4 heteroatoms. The molecular formula is C16H24N2O2. The summed E-state index contributed by atoms with van der Waals surface area (Å²) in [5.74, 6) is 0.919. The van der Waals surface area contributed by atoms with Crippen molar-refractivity contribution in [1.29, 1.82) is 0 Å². The van der Waals surface area contributed by atoms with Crippen molar-refractivity contribution < 1.29 is 9.53 Å². The average molecular weight is 276 g/mol. The predicted molar refractivity (Wildman–Crippen MR) is 80.2 cm³/mol. The second-order valence-corrected chi connectivity index (χ2v) is 5.31. The van der Waals surface area contributed by atoms with Crippen molar-refractivity contribution in [3.63, 3.8) is 0 Å². The van der Waals surface area contributed by atoms with E-state index in [0.717, 1.165) is 31.7 Å². The molecule has 20 heavy (non-hydrogen) atoms. The van der Waals surface area contributed by atoms with Gasteiger partial charge in [0.1, 0.15) is 5.75 Å². The first kappa shape index (κ1) is 14.7. The highest BCUT2D eigenvalue weighted by Gasteiger charge is 2.46. The van der Waals surface area contributed by atoms with E-state index < -0.39 is 0 Å². The van der Waals surface area contributed by atoms with Gasteiger partial charge in [-0.05, 0) is 32.8 Å². The summed E-state index contributed by atoms with van der Waals surface area (Å²) in [6, 6.07) is 8.13. The van der Waals surface area contributed by atoms with Crippen LogP contribution in [0, 0.1) is 0 Å². The monoisotopic (exact) mass is 276 g/mol. The Morgan fingerprint density at radius 1 is 1.30 bits per heavy atom. The first-order valence-electron chi connectivity index (χ1n) is 7.33. The Labute approximate surface area is 121 Å². The topological polar surface area (TPSA) is 41.6 Å². The van der Waals surface area contributed by atoms with Crippen molar-refractivity contribution in [2.45, 2.75) is 32.1 Å². The lowest BCUT2D eigenvalue weighted by Crippen LogP contribution is -2.42. The number of hydrogen-bond acceptors (Lipinski definition) is 2. The number of rotatable bonds is 6. The van der Waals surface area contributed by atoms with Gasteiger partial charge < -0.3 is 15.0 Å². The second kappa shape index (κ2) is 6.16. The quantitative estimate of drug-likeness (QED) is 0.868. The third-order valence-electron chi connectivity index (χ3n) is 4.16. The maximum absolute atomic E-state index is 12.0.